The monoisotopic (exact) mass is 702 g/mol. The average molecular weight is 703 g/mol. The second-order valence-corrected chi connectivity index (χ2v) is 12.7. The molecular weight excluding hydrogens is 675 g/mol. The molecule has 1 N–H and O–H groups in total. The Balaban J connectivity index is 0.00000600. The number of nitriles is 1. The number of carbonyl (C=O) groups excluding carboxylic acids is 1. The number of rotatable bonds is 13. The van der Waals surface area contributed by atoms with Gasteiger partial charge in [0.2, 0.25) is 0 Å². The first-order valence-electron chi connectivity index (χ1n) is 13.5. The van der Waals surface area contributed by atoms with Gasteiger partial charge in [0, 0.05) is 22.4 Å². The second kappa shape index (κ2) is 17.5. The van der Waals surface area contributed by atoms with Crippen molar-refractivity contribution in [2.75, 3.05) is 19.8 Å². The van der Waals surface area contributed by atoms with E-state index < -0.39 is 55.0 Å². The normalized spacial score (nSPS) is 19.8. The molecule has 2 heterocycles. The molecule has 12 nitrogen and oxygen atoms in total. The molecule has 244 valence electrons. The molecule has 3 aromatic rings. The fourth-order valence-electron chi connectivity index (χ4n) is 4.49. The number of nitrogens with zero attached hydrogens (tertiary/aromatic N) is 4. The van der Waals surface area contributed by atoms with Gasteiger partial charge in [0.05, 0.1) is 36.6 Å². The van der Waals surface area contributed by atoms with Crippen LogP contribution in [-0.4, -0.2) is 62.2 Å². The predicted molar refractivity (Wildman–Crippen MR) is 156 cm³/mol. The fourth-order valence-corrected chi connectivity index (χ4v) is 6.12. The third-order valence-electron chi connectivity index (χ3n) is 6.62. The maximum Gasteiger partial charge on any atom is 1.00 e. The number of halogens is 3. The van der Waals surface area contributed by atoms with E-state index in [1.165, 1.54) is 47.3 Å². The molecule has 0 amide bonds. The van der Waals surface area contributed by atoms with Crippen LogP contribution in [-0.2, 0) is 40.2 Å². The van der Waals surface area contributed by atoms with Crippen LogP contribution in [0.25, 0.3) is 6.08 Å². The largest absolute Gasteiger partial charge is 1.00 e. The summed E-state index contributed by atoms with van der Waals surface area (Å²) in [5.74, 6) is -3.74. The van der Waals surface area contributed by atoms with Crippen molar-refractivity contribution >= 4 is 31.6 Å². The number of hydrogen-bond acceptors (Lipinski definition) is 11. The van der Waals surface area contributed by atoms with Crippen molar-refractivity contribution in [1.29, 1.82) is 5.26 Å². The van der Waals surface area contributed by atoms with Crippen molar-refractivity contribution in [3.63, 3.8) is 0 Å². The molecule has 3 atom stereocenters. The first-order chi connectivity index (χ1) is 21.9. The molecule has 4 rings (SSSR count). The summed E-state index contributed by atoms with van der Waals surface area (Å²) in [6.07, 6.45) is 8.04. The molecule has 0 bridgehead atoms. The molecule has 0 aliphatic carbocycles. The van der Waals surface area contributed by atoms with E-state index in [-0.39, 0.29) is 71.3 Å². The van der Waals surface area contributed by atoms with E-state index in [1.807, 2.05) is 6.07 Å². The molecule has 2 aromatic carbocycles. The second-order valence-electron chi connectivity index (χ2n) is 9.85. The van der Waals surface area contributed by atoms with Gasteiger partial charge in [-0.15, -0.1) is 11.8 Å². The summed E-state index contributed by atoms with van der Waals surface area (Å²) in [5.41, 5.74) is -1.67. The van der Waals surface area contributed by atoms with E-state index in [4.69, 9.17) is 24.4 Å². The van der Waals surface area contributed by atoms with Crippen LogP contribution in [0.4, 0.5) is 13.2 Å². The summed E-state index contributed by atoms with van der Waals surface area (Å²) in [6, 6.07) is 8.67. The van der Waals surface area contributed by atoms with E-state index in [0.29, 0.717) is 6.07 Å². The third-order valence-corrected chi connectivity index (χ3v) is 8.52. The van der Waals surface area contributed by atoms with Crippen LogP contribution >= 0.6 is 19.6 Å². The molecule has 1 aromatic heterocycles. The zero-order valence-electron chi connectivity index (χ0n) is 25.1. The molecule has 47 heavy (non-hydrogen) atoms. The van der Waals surface area contributed by atoms with E-state index in [9.17, 15) is 23.0 Å². The van der Waals surface area contributed by atoms with Crippen molar-refractivity contribution in [2.45, 2.75) is 35.9 Å². The number of benzene rings is 2. The SMILES string of the molecule is C[C@@H](S[C@H]1CO[C@H](/C=C/C=C/c2ccc(C#N)cc2F)OC1)[C@@](Cn1cncn1)(OC(=O)COP(=O)([O-])O)c1ccc(F)cc1F.[Na+]. The summed E-state index contributed by atoms with van der Waals surface area (Å²) >= 11 is 1.20. The number of carbonyl (C=O) groups is 1. The number of thioether (sulfide) groups is 1. The van der Waals surface area contributed by atoms with Gasteiger partial charge in [-0.1, -0.05) is 24.3 Å². The molecule has 1 unspecified atom stereocenters. The zero-order valence-corrected chi connectivity index (χ0v) is 28.8. The summed E-state index contributed by atoms with van der Waals surface area (Å²) in [6.45, 7) is 0.360. The molecule has 0 radical (unpaired) electrons. The van der Waals surface area contributed by atoms with Gasteiger partial charge in [0.25, 0.3) is 7.82 Å². The van der Waals surface area contributed by atoms with Crippen LogP contribution < -0.4 is 34.5 Å². The Bertz CT molecular complexity index is 1670. The van der Waals surface area contributed by atoms with Gasteiger partial charge in [-0.2, -0.15) is 10.4 Å². The molecule has 0 saturated carbocycles. The van der Waals surface area contributed by atoms with Gasteiger partial charge in [-0.3, -0.25) is 4.57 Å². The van der Waals surface area contributed by atoms with Crippen LogP contribution in [0.1, 0.15) is 23.6 Å². The van der Waals surface area contributed by atoms with Gasteiger partial charge in [0.1, 0.15) is 30.1 Å². The number of phosphoric acid groups is 1. The van der Waals surface area contributed by atoms with Crippen molar-refractivity contribution < 1.29 is 80.6 Å². The van der Waals surface area contributed by atoms with Crippen molar-refractivity contribution in [2.24, 2.45) is 0 Å². The molecule has 18 heteroatoms. The zero-order chi connectivity index (χ0) is 33.3. The van der Waals surface area contributed by atoms with Gasteiger partial charge in [-0.25, -0.2) is 27.6 Å². The molecule has 1 aliphatic rings. The summed E-state index contributed by atoms with van der Waals surface area (Å²) in [5, 5.41) is 11.7. The molecule has 1 aliphatic heterocycles. The number of phosphoric ester groups is 1. The fraction of sp³-hybridized carbons (Fsp3) is 0.310. The predicted octanol–water partition coefficient (Wildman–Crippen LogP) is 0.620. The first kappa shape index (κ1) is 38.6. The van der Waals surface area contributed by atoms with Crippen LogP contribution in [0.3, 0.4) is 0 Å². The summed E-state index contributed by atoms with van der Waals surface area (Å²) in [4.78, 5) is 36.7. The number of esters is 1. The minimum absolute atomic E-state index is 0. The van der Waals surface area contributed by atoms with Crippen molar-refractivity contribution in [3.8, 4) is 6.07 Å². The molecule has 1 fully saturated rings. The van der Waals surface area contributed by atoms with Gasteiger partial charge < -0.3 is 28.5 Å². The number of hydrogen-bond donors (Lipinski definition) is 1. The van der Waals surface area contributed by atoms with Gasteiger partial charge >= 0.3 is 35.5 Å². The van der Waals surface area contributed by atoms with Gasteiger partial charge in [-0.05, 0) is 37.3 Å². The van der Waals surface area contributed by atoms with E-state index >= 15 is 4.39 Å². The number of ether oxygens (including phenoxy) is 3. The van der Waals surface area contributed by atoms with Crippen LogP contribution in [0.15, 0.2) is 67.3 Å². The van der Waals surface area contributed by atoms with Crippen LogP contribution in [0.5, 0.6) is 0 Å². The van der Waals surface area contributed by atoms with Gasteiger partial charge in [0.15, 0.2) is 18.5 Å². The maximum absolute atomic E-state index is 15.4. The Morgan fingerprint density at radius 3 is 2.62 bits per heavy atom. The van der Waals surface area contributed by atoms with E-state index in [0.717, 1.165) is 18.2 Å². The number of allylic oxidation sites excluding steroid dienone is 2. The van der Waals surface area contributed by atoms with Crippen molar-refractivity contribution in [3.05, 3.63) is 101 Å². The maximum atomic E-state index is 15.4. The standard InChI is InChI=1S/C29H28F3N4O8PS.Na/c1-19(46-23-13-41-28(42-14-23)5-3-2-4-21-7-6-20(12-33)10-25(21)31)29(16-36-18-34-17-35-36,24-9-8-22(30)11-26(24)32)44-27(37)15-43-45(38,39)40;/h2-11,17-19,23,28H,13-16H2,1H3,(H2,38,39,40);/q;+1/p-1/b4-2+,5-3+;/t19-,23-,28-,29-;/m1./s1. The Morgan fingerprint density at radius 1 is 1.26 bits per heavy atom. The Hall–Kier alpha value is -2.81. The minimum Gasteiger partial charge on any atom is -0.756 e. The molecule has 1 saturated heterocycles. The number of aromatic nitrogens is 3. The Kier molecular flexibility index (Phi) is 14.4. The van der Waals surface area contributed by atoms with Crippen LogP contribution in [0.2, 0.25) is 0 Å². The van der Waals surface area contributed by atoms with E-state index in [1.54, 1.807) is 25.2 Å². The third kappa shape index (κ3) is 11.1. The smallest absolute Gasteiger partial charge is 0.756 e. The van der Waals surface area contributed by atoms with E-state index in [2.05, 4.69) is 14.6 Å². The van der Waals surface area contributed by atoms with Crippen molar-refractivity contribution in [1.82, 2.24) is 14.8 Å². The Labute approximate surface area is 294 Å². The minimum atomic E-state index is -5.30. The summed E-state index contributed by atoms with van der Waals surface area (Å²) < 4.78 is 77.1. The first-order valence-corrected chi connectivity index (χ1v) is 15.9. The topological polar surface area (TPSA) is 169 Å². The summed E-state index contributed by atoms with van der Waals surface area (Å²) in [7, 11) is -5.30. The average Bonchev–Trinajstić information content (AvgIpc) is 3.52. The molecule has 0 spiro atoms. The van der Waals surface area contributed by atoms with Crippen LogP contribution in [0, 0.1) is 28.8 Å². The quantitative estimate of drug-likeness (QED) is 0.114. The molecular formula is C29H27F3N4NaO8PS. The Morgan fingerprint density at radius 2 is 2.00 bits per heavy atom.